The maximum absolute atomic E-state index is 13.7. The van der Waals surface area contributed by atoms with Crippen molar-refractivity contribution in [2.45, 2.75) is 19.4 Å². The molecule has 0 fully saturated rings. The molecule has 3 nitrogen and oxygen atoms in total. The Kier molecular flexibility index (Phi) is 6.41. The minimum Gasteiger partial charge on any atom is -0.494 e. The van der Waals surface area contributed by atoms with Crippen LogP contribution in [0.5, 0.6) is 5.75 Å². The Bertz CT molecular complexity index is 628. The molecule has 2 aromatic carbocycles. The van der Waals surface area contributed by atoms with E-state index in [9.17, 15) is 9.18 Å². The van der Waals surface area contributed by atoms with E-state index in [4.69, 9.17) is 16.3 Å². The van der Waals surface area contributed by atoms with Gasteiger partial charge in [0, 0.05) is 30.6 Å². The van der Waals surface area contributed by atoms with Crippen molar-refractivity contribution >= 4 is 17.5 Å². The smallest absolute Gasteiger partial charge is 0.222 e. The van der Waals surface area contributed by atoms with E-state index in [1.54, 1.807) is 19.2 Å². The van der Waals surface area contributed by atoms with Crippen molar-refractivity contribution in [3.05, 3.63) is 64.9 Å². The lowest BCUT2D eigenvalue weighted by Crippen LogP contribution is -2.27. The highest BCUT2D eigenvalue weighted by atomic mass is 35.5. The number of carbonyl (C=O) groups is 1. The van der Waals surface area contributed by atoms with Gasteiger partial charge in [-0.05, 0) is 30.7 Å². The van der Waals surface area contributed by atoms with Crippen LogP contribution in [-0.4, -0.2) is 24.5 Å². The first kappa shape index (κ1) is 17.3. The molecule has 0 atom stereocenters. The zero-order valence-corrected chi connectivity index (χ0v) is 13.7. The lowest BCUT2D eigenvalue weighted by atomic mass is 10.2. The van der Waals surface area contributed by atoms with Crippen LogP contribution in [0, 0.1) is 5.82 Å². The van der Waals surface area contributed by atoms with Gasteiger partial charge in [-0.2, -0.15) is 0 Å². The van der Waals surface area contributed by atoms with Crippen molar-refractivity contribution in [2.75, 3.05) is 13.7 Å². The molecule has 0 saturated heterocycles. The maximum Gasteiger partial charge on any atom is 0.222 e. The van der Waals surface area contributed by atoms with E-state index in [1.165, 1.54) is 11.0 Å². The summed E-state index contributed by atoms with van der Waals surface area (Å²) in [5.41, 5.74) is 0.338. The highest BCUT2D eigenvalue weighted by Crippen LogP contribution is 2.20. The Balaban J connectivity index is 1.77. The summed E-state index contributed by atoms with van der Waals surface area (Å²) in [6, 6.07) is 13.9. The second-order valence-corrected chi connectivity index (χ2v) is 5.62. The SMILES string of the molecule is CN(Cc1c(F)cccc1Cl)C(=O)CCCOc1ccccc1. The first-order chi connectivity index (χ1) is 11.1. The molecule has 0 bridgehead atoms. The molecule has 0 radical (unpaired) electrons. The summed E-state index contributed by atoms with van der Waals surface area (Å²) in [6.45, 7) is 0.619. The molecule has 0 N–H and O–H groups in total. The van der Waals surface area contributed by atoms with Gasteiger partial charge in [-0.25, -0.2) is 4.39 Å². The van der Waals surface area contributed by atoms with Crippen molar-refractivity contribution in [3.8, 4) is 5.75 Å². The molecular formula is C18H19ClFNO2. The first-order valence-corrected chi connectivity index (χ1v) is 7.80. The third-order valence-corrected chi connectivity index (χ3v) is 3.78. The summed E-state index contributed by atoms with van der Waals surface area (Å²) in [4.78, 5) is 13.6. The molecule has 1 amide bonds. The Hall–Kier alpha value is -2.07. The number of amides is 1. The van der Waals surface area contributed by atoms with Crippen molar-refractivity contribution < 1.29 is 13.9 Å². The Morgan fingerprint density at radius 2 is 1.91 bits per heavy atom. The van der Waals surface area contributed by atoms with E-state index >= 15 is 0 Å². The van der Waals surface area contributed by atoms with Crippen LogP contribution in [0.1, 0.15) is 18.4 Å². The molecule has 0 saturated carbocycles. The van der Waals surface area contributed by atoms with Gasteiger partial charge in [-0.3, -0.25) is 4.79 Å². The van der Waals surface area contributed by atoms with E-state index in [1.807, 2.05) is 30.3 Å². The summed E-state index contributed by atoms with van der Waals surface area (Å²) in [6.07, 6.45) is 0.943. The summed E-state index contributed by atoms with van der Waals surface area (Å²) in [5, 5.41) is 0.331. The number of para-hydroxylation sites is 1. The van der Waals surface area contributed by atoms with Gasteiger partial charge < -0.3 is 9.64 Å². The number of ether oxygens (including phenoxy) is 1. The van der Waals surface area contributed by atoms with E-state index in [2.05, 4.69) is 0 Å². The van der Waals surface area contributed by atoms with Crippen molar-refractivity contribution in [3.63, 3.8) is 0 Å². The monoisotopic (exact) mass is 335 g/mol. The van der Waals surface area contributed by atoms with Gasteiger partial charge >= 0.3 is 0 Å². The zero-order chi connectivity index (χ0) is 16.7. The van der Waals surface area contributed by atoms with Crippen LogP contribution in [0.25, 0.3) is 0 Å². The molecular weight excluding hydrogens is 317 g/mol. The zero-order valence-electron chi connectivity index (χ0n) is 13.0. The quantitative estimate of drug-likeness (QED) is 0.706. The lowest BCUT2D eigenvalue weighted by molar-refractivity contribution is -0.130. The Morgan fingerprint density at radius 3 is 2.61 bits per heavy atom. The molecule has 2 rings (SSSR count). The molecule has 122 valence electrons. The molecule has 0 aliphatic rings. The van der Waals surface area contributed by atoms with Crippen LogP contribution >= 0.6 is 11.6 Å². The second kappa shape index (κ2) is 8.53. The second-order valence-electron chi connectivity index (χ2n) is 5.22. The molecule has 0 aromatic heterocycles. The number of benzene rings is 2. The summed E-state index contributed by atoms with van der Waals surface area (Å²) in [7, 11) is 1.64. The molecule has 23 heavy (non-hydrogen) atoms. The van der Waals surface area contributed by atoms with Crippen molar-refractivity contribution in [1.82, 2.24) is 4.90 Å². The number of hydrogen-bond donors (Lipinski definition) is 0. The van der Waals surface area contributed by atoms with E-state index < -0.39 is 5.82 Å². The summed E-state index contributed by atoms with van der Waals surface area (Å²) >= 11 is 5.97. The predicted octanol–water partition coefficient (Wildman–Crippen LogP) is 4.30. The minimum atomic E-state index is -0.399. The van der Waals surface area contributed by atoms with Crippen molar-refractivity contribution in [1.29, 1.82) is 0 Å². The predicted molar refractivity (Wildman–Crippen MR) is 89.1 cm³/mol. The highest BCUT2D eigenvalue weighted by Gasteiger charge is 2.14. The number of hydrogen-bond acceptors (Lipinski definition) is 2. The van der Waals surface area contributed by atoms with Crippen LogP contribution in [0.2, 0.25) is 5.02 Å². The third-order valence-electron chi connectivity index (χ3n) is 3.43. The molecule has 0 heterocycles. The van der Waals surface area contributed by atoms with Gasteiger partial charge in [0.05, 0.1) is 6.61 Å². The Labute approximate surface area is 140 Å². The molecule has 5 heteroatoms. The lowest BCUT2D eigenvalue weighted by Gasteiger charge is -2.18. The summed E-state index contributed by atoms with van der Waals surface area (Å²) in [5.74, 6) is 0.317. The molecule has 2 aromatic rings. The van der Waals surface area contributed by atoms with Crippen LogP contribution in [0.3, 0.4) is 0 Å². The molecule has 0 spiro atoms. The van der Waals surface area contributed by atoms with Gasteiger partial charge in [-0.1, -0.05) is 35.9 Å². The maximum atomic E-state index is 13.7. The van der Waals surface area contributed by atoms with Gasteiger partial charge in [0.15, 0.2) is 0 Å². The van der Waals surface area contributed by atoms with E-state index in [0.717, 1.165) is 5.75 Å². The fourth-order valence-electron chi connectivity index (χ4n) is 2.13. The van der Waals surface area contributed by atoms with Gasteiger partial charge in [0.25, 0.3) is 0 Å². The average molecular weight is 336 g/mol. The fraction of sp³-hybridized carbons (Fsp3) is 0.278. The van der Waals surface area contributed by atoms with Crippen LogP contribution in [0.4, 0.5) is 4.39 Å². The topological polar surface area (TPSA) is 29.5 Å². The van der Waals surface area contributed by atoms with Gasteiger partial charge in [0.2, 0.25) is 5.91 Å². The largest absolute Gasteiger partial charge is 0.494 e. The Morgan fingerprint density at radius 1 is 1.17 bits per heavy atom. The standard InChI is InChI=1S/C18H19ClFNO2/c1-21(13-15-16(19)9-5-10-17(15)20)18(22)11-6-12-23-14-7-3-2-4-8-14/h2-5,7-10H,6,11-13H2,1H3. The minimum absolute atomic E-state index is 0.0685. The highest BCUT2D eigenvalue weighted by molar-refractivity contribution is 6.31. The van der Waals surface area contributed by atoms with Crippen LogP contribution in [0.15, 0.2) is 48.5 Å². The van der Waals surface area contributed by atoms with Crippen LogP contribution in [-0.2, 0) is 11.3 Å². The molecule has 0 aliphatic carbocycles. The molecule has 0 aliphatic heterocycles. The molecule has 0 unspecified atom stereocenters. The number of carbonyl (C=O) groups excluding carboxylic acids is 1. The van der Waals surface area contributed by atoms with Crippen molar-refractivity contribution in [2.24, 2.45) is 0 Å². The number of nitrogens with zero attached hydrogens (tertiary/aromatic N) is 1. The van der Waals surface area contributed by atoms with E-state index in [-0.39, 0.29) is 12.5 Å². The normalized spacial score (nSPS) is 10.4. The summed E-state index contributed by atoms with van der Waals surface area (Å²) < 4.78 is 19.3. The fourth-order valence-corrected chi connectivity index (χ4v) is 2.35. The van der Waals surface area contributed by atoms with Crippen LogP contribution < -0.4 is 4.74 Å². The van der Waals surface area contributed by atoms with Gasteiger partial charge in [-0.15, -0.1) is 0 Å². The average Bonchev–Trinajstić information content (AvgIpc) is 2.55. The van der Waals surface area contributed by atoms with E-state index in [0.29, 0.717) is 30.0 Å². The third kappa shape index (κ3) is 5.25. The van der Waals surface area contributed by atoms with Gasteiger partial charge in [0.1, 0.15) is 11.6 Å². The number of rotatable bonds is 7. The number of halogens is 2. The first-order valence-electron chi connectivity index (χ1n) is 7.42.